The van der Waals surface area contributed by atoms with Crippen molar-refractivity contribution in [2.75, 3.05) is 25.7 Å². The molecule has 2 heterocycles. The van der Waals surface area contributed by atoms with Gasteiger partial charge in [-0.05, 0) is 55.4 Å². The van der Waals surface area contributed by atoms with Crippen LogP contribution in [0.5, 0.6) is 11.5 Å². The zero-order valence-corrected chi connectivity index (χ0v) is 19.0. The fraction of sp³-hybridized carbons (Fsp3) is 0.458. The van der Waals surface area contributed by atoms with Gasteiger partial charge in [0.2, 0.25) is 5.95 Å². The van der Waals surface area contributed by atoms with Gasteiger partial charge in [-0.3, -0.25) is 0 Å². The average Bonchev–Trinajstić information content (AvgIpc) is 3.04. The molecule has 0 unspecified atom stereocenters. The highest BCUT2D eigenvalue weighted by Crippen LogP contribution is 2.42. The summed E-state index contributed by atoms with van der Waals surface area (Å²) >= 11 is 6.64. The molecule has 0 radical (unpaired) electrons. The van der Waals surface area contributed by atoms with Gasteiger partial charge in [0.25, 0.3) is 0 Å². The maximum Gasteiger partial charge on any atom is 0.211 e. The number of hydrogen-bond acceptors (Lipinski definition) is 4. The van der Waals surface area contributed by atoms with Crippen molar-refractivity contribution in [1.82, 2.24) is 9.55 Å². The summed E-state index contributed by atoms with van der Waals surface area (Å²) in [6.45, 7) is 6.32. The fourth-order valence-corrected chi connectivity index (χ4v) is 4.77. The number of imidazole rings is 1. The summed E-state index contributed by atoms with van der Waals surface area (Å²) in [4.78, 5) is 7.33. The van der Waals surface area contributed by atoms with Gasteiger partial charge in [-0.1, -0.05) is 31.5 Å². The van der Waals surface area contributed by atoms with Crippen molar-refractivity contribution in [3.63, 3.8) is 0 Å². The third-order valence-electron chi connectivity index (χ3n) is 6.21. The Morgan fingerprint density at radius 2 is 1.80 bits per heavy atom. The van der Waals surface area contributed by atoms with E-state index in [4.69, 9.17) is 26.1 Å². The van der Waals surface area contributed by atoms with Crippen LogP contribution in [0.25, 0.3) is 11.0 Å². The Balaban J connectivity index is 1.94. The van der Waals surface area contributed by atoms with Crippen molar-refractivity contribution < 1.29 is 9.47 Å². The van der Waals surface area contributed by atoms with Crippen LogP contribution in [0.2, 0.25) is 5.02 Å². The quantitative estimate of drug-likeness (QED) is 0.447. The fourth-order valence-electron chi connectivity index (χ4n) is 4.57. The lowest BCUT2D eigenvalue weighted by Gasteiger charge is -2.24. The van der Waals surface area contributed by atoms with E-state index in [1.165, 1.54) is 11.1 Å². The molecule has 0 saturated carbocycles. The normalized spacial score (nSPS) is 14.1. The molecule has 160 valence electrons. The van der Waals surface area contributed by atoms with Crippen molar-refractivity contribution in [2.45, 2.75) is 52.0 Å². The number of aromatic nitrogens is 2. The molecule has 0 atom stereocenters. The van der Waals surface area contributed by atoms with Crippen LogP contribution >= 0.6 is 11.6 Å². The van der Waals surface area contributed by atoms with E-state index in [2.05, 4.69) is 35.4 Å². The van der Waals surface area contributed by atoms with Crippen molar-refractivity contribution in [3.8, 4) is 11.5 Å². The molecule has 1 aromatic heterocycles. The van der Waals surface area contributed by atoms with Crippen LogP contribution in [0.15, 0.2) is 30.3 Å². The van der Waals surface area contributed by atoms with Gasteiger partial charge in [-0.25, -0.2) is 4.98 Å². The molecule has 6 heteroatoms. The number of aryl methyl sites for hydroxylation is 1. The number of anilines is 2. The lowest BCUT2D eigenvalue weighted by molar-refractivity contribution is 0.394. The zero-order valence-electron chi connectivity index (χ0n) is 18.2. The number of ether oxygens (including phenoxy) is 2. The van der Waals surface area contributed by atoms with Crippen LogP contribution in [-0.4, -0.2) is 30.3 Å². The van der Waals surface area contributed by atoms with Gasteiger partial charge in [0.05, 0.1) is 30.4 Å². The lowest BCUT2D eigenvalue weighted by Crippen LogP contribution is -2.20. The van der Waals surface area contributed by atoms with E-state index in [0.29, 0.717) is 10.9 Å². The molecule has 0 saturated heterocycles. The second-order valence-corrected chi connectivity index (χ2v) is 8.21. The number of fused-ring (bicyclic) bond motifs is 3. The average molecular weight is 428 g/mol. The largest absolute Gasteiger partial charge is 0.497 e. The topological polar surface area (TPSA) is 39.5 Å². The monoisotopic (exact) mass is 427 g/mol. The second kappa shape index (κ2) is 8.76. The van der Waals surface area contributed by atoms with Crippen LogP contribution in [0.1, 0.15) is 51.0 Å². The molecule has 3 aromatic rings. The number of methoxy groups -OCH3 is 2. The summed E-state index contributed by atoms with van der Waals surface area (Å²) in [5, 5.41) is 0.710. The van der Waals surface area contributed by atoms with E-state index in [9.17, 15) is 0 Å². The van der Waals surface area contributed by atoms with Crippen LogP contribution in [-0.2, 0) is 6.54 Å². The Kier molecular flexibility index (Phi) is 6.09. The van der Waals surface area contributed by atoms with Crippen LogP contribution in [0.3, 0.4) is 0 Å². The minimum absolute atomic E-state index is 0.498. The SMILES string of the molecule is CCC(CC)c1ccc(Cl)c2nc3n(c12)CCCCN3c1ccc(OC)cc1OC. The van der Waals surface area contributed by atoms with Crippen LogP contribution in [0, 0.1) is 0 Å². The first-order chi connectivity index (χ1) is 14.6. The molecule has 0 fully saturated rings. The van der Waals surface area contributed by atoms with E-state index in [0.717, 1.165) is 67.4 Å². The van der Waals surface area contributed by atoms with Crippen LogP contribution in [0.4, 0.5) is 11.6 Å². The predicted molar refractivity (Wildman–Crippen MR) is 124 cm³/mol. The highest BCUT2D eigenvalue weighted by Gasteiger charge is 2.27. The van der Waals surface area contributed by atoms with Crippen LogP contribution < -0.4 is 14.4 Å². The summed E-state index contributed by atoms with van der Waals surface area (Å²) < 4.78 is 13.5. The molecule has 0 aliphatic carbocycles. The van der Waals surface area contributed by atoms with Gasteiger partial charge in [0.15, 0.2) is 0 Å². The van der Waals surface area contributed by atoms with E-state index in [-0.39, 0.29) is 0 Å². The van der Waals surface area contributed by atoms with E-state index in [1.54, 1.807) is 14.2 Å². The molecule has 1 aliphatic rings. The number of halogens is 1. The summed E-state index contributed by atoms with van der Waals surface area (Å²) in [7, 11) is 3.36. The Hall–Kier alpha value is -2.40. The molecule has 4 rings (SSSR count). The van der Waals surface area contributed by atoms with Crippen molar-refractivity contribution in [2.24, 2.45) is 0 Å². The number of rotatable bonds is 6. The second-order valence-electron chi connectivity index (χ2n) is 7.81. The predicted octanol–water partition coefficient (Wildman–Crippen LogP) is 6.54. The highest BCUT2D eigenvalue weighted by atomic mass is 35.5. The van der Waals surface area contributed by atoms with Gasteiger partial charge < -0.3 is 18.9 Å². The van der Waals surface area contributed by atoms with Crippen molar-refractivity contribution >= 4 is 34.3 Å². The molecule has 5 nitrogen and oxygen atoms in total. The third-order valence-corrected chi connectivity index (χ3v) is 6.52. The lowest BCUT2D eigenvalue weighted by atomic mass is 9.93. The van der Waals surface area contributed by atoms with Gasteiger partial charge in [-0.15, -0.1) is 0 Å². The van der Waals surface area contributed by atoms with E-state index < -0.39 is 0 Å². The van der Waals surface area contributed by atoms with Gasteiger partial charge in [0, 0.05) is 19.2 Å². The minimum atomic E-state index is 0.498. The molecule has 0 spiro atoms. The molecule has 1 aliphatic heterocycles. The zero-order chi connectivity index (χ0) is 21.3. The first-order valence-corrected chi connectivity index (χ1v) is 11.2. The third kappa shape index (κ3) is 3.49. The number of benzene rings is 2. The van der Waals surface area contributed by atoms with Crippen molar-refractivity contribution in [1.29, 1.82) is 0 Å². The molecule has 0 N–H and O–H groups in total. The molecular weight excluding hydrogens is 398 g/mol. The highest BCUT2D eigenvalue weighted by molar-refractivity contribution is 6.35. The number of hydrogen-bond donors (Lipinski definition) is 0. The Bertz CT molecular complexity index is 1040. The summed E-state index contributed by atoms with van der Waals surface area (Å²) in [5.74, 6) is 2.99. The smallest absolute Gasteiger partial charge is 0.211 e. The first kappa shape index (κ1) is 20.9. The first-order valence-electron chi connectivity index (χ1n) is 10.8. The van der Waals surface area contributed by atoms with Gasteiger partial charge in [0.1, 0.15) is 17.0 Å². The minimum Gasteiger partial charge on any atom is -0.497 e. The van der Waals surface area contributed by atoms with E-state index >= 15 is 0 Å². The Labute approximate surface area is 183 Å². The van der Waals surface area contributed by atoms with Gasteiger partial charge >= 0.3 is 0 Å². The summed E-state index contributed by atoms with van der Waals surface area (Å²) in [6.07, 6.45) is 4.39. The van der Waals surface area contributed by atoms with Crippen molar-refractivity contribution in [3.05, 3.63) is 40.9 Å². The molecule has 30 heavy (non-hydrogen) atoms. The maximum absolute atomic E-state index is 6.64. The summed E-state index contributed by atoms with van der Waals surface area (Å²) in [6, 6.07) is 10.1. The Morgan fingerprint density at radius 1 is 1.03 bits per heavy atom. The standard InChI is InChI=1S/C24H30ClN3O2/c1-5-16(6-2)18-10-11-19(25)22-23(18)28-14-8-7-13-27(24(28)26-22)20-12-9-17(29-3)15-21(20)30-4/h9-12,15-16H,5-8,13-14H2,1-4H3. The molecule has 0 bridgehead atoms. The Morgan fingerprint density at radius 3 is 2.50 bits per heavy atom. The molecule has 2 aromatic carbocycles. The maximum atomic E-state index is 6.64. The molecule has 0 amide bonds. The van der Waals surface area contributed by atoms with E-state index in [1.807, 2.05) is 18.2 Å². The van der Waals surface area contributed by atoms with Gasteiger partial charge in [-0.2, -0.15) is 0 Å². The number of nitrogens with zero attached hydrogens (tertiary/aromatic N) is 3. The summed E-state index contributed by atoms with van der Waals surface area (Å²) in [5.41, 5.74) is 4.43. The molecular formula is C24H30ClN3O2.